The van der Waals surface area contributed by atoms with Gasteiger partial charge in [-0.05, 0) is 35.6 Å². The Balaban J connectivity index is 3.43. The zero-order valence-corrected chi connectivity index (χ0v) is 9.61. The maximum absolute atomic E-state index is 10.8. The molecule has 0 radical (unpaired) electrons. The zero-order valence-electron chi connectivity index (χ0n) is 7.45. The molecule has 5 heteroatoms. The van der Waals surface area contributed by atoms with Crippen molar-refractivity contribution in [3.05, 3.63) is 36.9 Å². The number of aryl methyl sites for hydroxylation is 1. The maximum Gasteiger partial charge on any atom is 0.277 e. The normalized spacial score (nSPS) is 9.50. The van der Waals surface area contributed by atoms with Crippen molar-refractivity contribution < 1.29 is 4.92 Å². The van der Waals surface area contributed by atoms with E-state index in [1.807, 2.05) is 28.7 Å². The van der Waals surface area contributed by atoms with E-state index < -0.39 is 4.92 Å². The van der Waals surface area contributed by atoms with Crippen molar-refractivity contribution in [3.8, 4) is 6.07 Å². The number of nitriles is 1. The van der Waals surface area contributed by atoms with Gasteiger partial charge in [-0.25, -0.2) is 0 Å². The maximum atomic E-state index is 10.8. The summed E-state index contributed by atoms with van der Waals surface area (Å²) in [6.07, 6.45) is 0.0796. The lowest BCUT2D eigenvalue weighted by atomic mass is 10.1. The Hall–Kier alpha value is -1.16. The van der Waals surface area contributed by atoms with Crippen LogP contribution in [-0.4, -0.2) is 4.92 Å². The van der Waals surface area contributed by atoms with Gasteiger partial charge in [-0.1, -0.05) is 6.07 Å². The molecule has 1 rings (SSSR count). The molecule has 0 N–H and O–H groups in total. The van der Waals surface area contributed by atoms with Crippen molar-refractivity contribution in [1.82, 2.24) is 0 Å². The van der Waals surface area contributed by atoms with Crippen LogP contribution in [0.4, 0.5) is 5.69 Å². The minimum absolute atomic E-state index is 0.0680. The summed E-state index contributed by atoms with van der Waals surface area (Å²) in [7, 11) is 0. The van der Waals surface area contributed by atoms with Gasteiger partial charge in [0.2, 0.25) is 0 Å². The van der Waals surface area contributed by atoms with Gasteiger partial charge in [-0.15, -0.1) is 0 Å². The largest absolute Gasteiger partial charge is 0.277 e. The first-order valence-electron chi connectivity index (χ1n) is 3.87. The van der Waals surface area contributed by atoms with Gasteiger partial charge in [0.1, 0.15) is 0 Å². The standard InChI is InChI=1S/C9H7IN2O2/c1-6-2-3-8(10)7(4-5-11)9(6)12(13)14/h2-3H,4H2,1H3. The van der Waals surface area contributed by atoms with Crippen LogP contribution < -0.4 is 0 Å². The molecular formula is C9H7IN2O2. The second kappa shape index (κ2) is 4.37. The minimum atomic E-state index is -0.426. The molecular weight excluding hydrogens is 295 g/mol. The lowest BCUT2D eigenvalue weighted by Gasteiger charge is -2.03. The predicted molar refractivity (Wildman–Crippen MR) is 59.9 cm³/mol. The lowest BCUT2D eigenvalue weighted by molar-refractivity contribution is -0.386. The summed E-state index contributed by atoms with van der Waals surface area (Å²) in [5.74, 6) is 0. The summed E-state index contributed by atoms with van der Waals surface area (Å²) in [5.41, 5.74) is 1.18. The van der Waals surface area contributed by atoms with E-state index in [0.29, 0.717) is 11.1 Å². The molecule has 72 valence electrons. The highest BCUT2D eigenvalue weighted by Gasteiger charge is 2.19. The van der Waals surface area contributed by atoms with E-state index in [2.05, 4.69) is 0 Å². The van der Waals surface area contributed by atoms with Gasteiger partial charge in [0.25, 0.3) is 5.69 Å². The van der Waals surface area contributed by atoms with Crippen LogP contribution in [0.3, 0.4) is 0 Å². The zero-order chi connectivity index (χ0) is 10.7. The number of hydrogen-bond donors (Lipinski definition) is 0. The van der Waals surface area contributed by atoms with Gasteiger partial charge in [-0.2, -0.15) is 5.26 Å². The SMILES string of the molecule is Cc1ccc(I)c(CC#N)c1[N+](=O)[O-]. The fourth-order valence-electron chi connectivity index (χ4n) is 1.23. The number of nitrogens with zero attached hydrogens (tertiary/aromatic N) is 2. The molecule has 0 saturated carbocycles. The molecule has 1 aromatic rings. The molecule has 0 unspecified atom stereocenters. The van der Waals surface area contributed by atoms with Gasteiger partial charge in [0, 0.05) is 9.13 Å². The average Bonchev–Trinajstić information content (AvgIpc) is 2.11. The van der Waals surface area contributed by atoms with Gasteiger partial charge in [0.15, 0.2) is 0 Å². The van der Waals surface area contributed by atoms with E-state index in [1.165, 1.54) is 0 Å². The number of nitro benzene ring substituents is 1. The highest BCUT2D eigenvalue weighted by atomic mass is 127. The van der Waals surface area contributed by atoms with E-state index in [4.69, 9.17) is 5.26 Å². The first-order chi connectivity index (χ1) is 6.57. The Morgan fingerprint density at radius 1 is 1.64 bits per heavy atom. The molecule has 0 amide bonds. The number of benzene rings is 1. The fourth-order valence-corrected chi connectivity index (χ4v) is 1.86. The summed E-state index contributed by atoms with van der Waals surface area (Å²) in [6, 6.07) is 5.42. The molecule has 0 fully saturated rings. The van der Waals surface area contributed by atoms with E-state index in [9.17, 15) is 10.1 Å². The molecule has 0 saturated heterocycles. The van der Waals surface area contributed by atoms with E-state index >= 15 is 0 Å². The number of hydrogen-bond acceptors (Lipinski definition) is 3. The summed E-state index contributed by atoms with van der Waals surface area (Å²) in [5, 5.41) is 19.3. The molecule has 14 heavy (non-hydrogen) atoms. The number of nitro groups is 1. The Bertz CT molecular complexity index is 424. The summed E-state index contributed by atoms with van der Waals surface area (Å²) < 4.78 is 0.765. The molecule has 4 nitrogen and oxygen atoms in total. The second-order valence-electron chi connectivity index (χ2n) is 2.78. The predicted octanol–water partition coefficient (Wildman–Crippen LogP) is 2.57. The molecule has 1 aromatic carbocycles. The first-order valence-corrected chi connectivity index (χ1v) is 4.95. The van der Waals surface area contributed by atoms with Crippen LogP contribution in [0.1, 0.15) is 11.1 Å². The van der Waals surface area contributed by atoms with Crippen molar-refractivity contribution in [2.24, 2.45) is 0 Å². The van der Waals surface area contributed by atoms with Gasteiger partial charge in [0.05, 0.1) is 23.0 Å². The van der Waals surface area contributed by atoms with Crippen molar-refractivity contribution in [1.29, 1.82) is 5.26 Å². The summed E-state index contributed by atoms with van der Waals surface area (Å²) in [4.78, 5) is 10.3. The molecule has 0 heterocycles. The molecule has 0 aliphatic rings. The molecule has 0 bridgehead atoms. The summed E-state index contributed by atoms with van der Waals surface area (Å²) >= 11 is 2.00. The number of halogens is 1. The van der Waals surface area contributed by atoms with Crippen LogP contribution in [0.15, 0.2) is 12.1 Å². The quantitative estimate of drug-likeness (QED) is 0.479. The van der Waals surface area contributed by atoms with E-state index in [-0.39, 0.29) is 12.1 Å². The third-order valence-corrected chi connectivity index (χ3v) is 2.88. The van der Waals surface area contributed by atoms with E-state index in [0.717, 1.165) is 3.57 Å². The van der Waals surface area contributed by atoms with Crippen molar-refractivity contribution in [2.45, 2.75) is 13.3 Å². The third kappa shape index (κ3) is 2.01. The Morgan fingerprint density at radius 2 is 2.29 bits per heavy atom. The van der Waals surface area contributed by atoms with Crippen molar-refractivity contribution in [3.63, 3.8) is 0 Å². The van der Waals surface area contributed by atoms with Gasteiger partial charge >= 0.3 is 0 Å². The molecule has 0 aliphatic carbocycles. The second-order valence-corrected chi connectivity index (χ2v) is 3.95. The smallest absolute Gasteiger partial charge is 0.258 e. The average molecular weight is 302 g/mol. The Kier molecular flexibility index (Phi) is 3.41. The highest BCUT2D eigenvalue weighted by molar-refractivity contribution is 14.1. The highest BCUT2D eigenvalue weighted by Crippen LogP contribution is 2.27. The summed E-state index contributed by atoms with van der Waals surface area (Å²) in [6.45, 7) is 1.68. The molecule has 0 spiro atoms. The molecule has 0 aliphatic heterocycles. The number of rotatable bonds is 2. The van der Waals surface area contributed by atoms with Crippen LogP contribution in [0.25, 0.3) is 0 Å². The van der Waals surface area contributed by atoms with Crippen LogP contribution in [0, 0.1) is 31.9 Å². The van der Waals surface area contributed by atoms with Crippen molar-refractivity contribution in [2.75, 3.05) is 0 Å². The Labute approximate surface area is 94.8 Å². The lowest BCUT2D eigenvalue weighted by Crippen LogP contribution is -2.00. The fraction of sp³-hybridized carbons (Fsp3) is 0.222. The first kappa shape index (κ1) is 10.9. The molecule has 0 aromatic heterocycles. The van der Waals surface area contributed by atoms with Crippen LogP contribution in [0.5, 0.6) is 0 Å². The monoisotopic (exact) mass is 302 g/mol. The van der Waals surface area contributed by atoms with Crippen LogP contribution >= 0.6 is 22.6 Å². The van der Waals surface area contributed by atoms with E-state index in [1.54, 1.807) is 19.1 Å². The van der Waals surface area contributed by atoms with Crippen LogP contribution in [-0.2, 0) is 6.42 Å². The Morgan fingerprint density at radius 3 is 2.79 bits per heavy atom. The van der Waals surface area contributed by atoms with Crippen LogP contribution in [0.2, 0.25) is 0 Å². The minimum Gasteiger partial charge on any atom is -0.258 e. The topological polar surface area (TPSA) is 66.9 Å². The van der Waals surface area contributed by atoms with Gasteiger partial charge < -0.3 is 0 Å². The van der Waals surface area contributed by atoms with Gasteiger partial charge in [-0.3, -0.25) is 10.1 Å². The van der Waals surface area contributed by atoms with Crippen molar-refractivity contribution >= 4 is 28.3 Å². The molecule has 0 atom stereocenters. The third-order valence-electron chi connectivity index (χ3n) is 1.87.